The molecule has 0 spiro atoms. The number of nitrogens with zero attached hydrogens (tertiary/aromatic N) is 5. The monoisotopic (exact) mass is 391 g/mol. The second-order valence-corrected chi connectivity index (χ2v) is 8.38. The number of aromatic amines is 1. The summed E-state index contributed by atoms with van der Waals surface area (Å²) >= 11 is 1.87. The second kappa shape index (κ2) is 7.03. The van der Waals surface area contributed by atoms with Gasteiger partial charge in [-0.1, -0.05) is 0 Å². The molecule has 0 saturated carbocycles. The molecular formula is C20H21N7S. The summed E-state index contributed by atoms with van der Waals surface area (Å²) in [4.78, 5) is 17.9. The molecule has 0 atom stereocenters. The zero-order chi connectivity index (χ0) is 19.1. The van der Waals surface area contributed by atoms with Crippen molar-refractivity contribution in [2.24, 2.45) is 12.0 Å². The van der Waals surface area contributed by atoms with Gasteiger partial charge in [0.2, 0.25) is 0 Å². The molecule has 5 heterocycles. The summed E-state index contributed by atoms with van der Waals surface area (Å²) in [6, 6.07) is 2.18. The van der Waals surface area contributed by atoms with Crippen molar-refractivity contribution in [1.29, 1.82) is 0 Å². The molecule has 5 rings (SSSR count). The summed E-state index contributed by atoms with van der Waals surface area (Å²) in [7, 11) is 1.92. The summed E-state index contributed by atoms with van der Waals surface area (Å²) in [5.41, 5.74) is 3.94. The highest BCUT2D eigenvalue weighted by Gasteiger charge is 2.21. The van der Waals surface area contributed by atoms with Crippen molar-refractivity contribution in [3.8, 4) is 11.1 Å². The van der Waals surface area contributed by atoms with Crippen molar-refractivity contribution in [3.63, 3.8) is 0 Å². The third-order valence-electron chi connectivity index (χ3n) is 5.18. The van der Waals surface area contributed by atoms with Crippen LogP contribution in [0.15, 0.2) is 40.7 Å². The van der Waals surface area contributed by atoms with E-state index in [0.29, 0.717) is 11.1 Å². The van der Waals surface area contributed by atoms with Gasteiger partial charge < -0.3 is 10.3 Å². The largest absolute Gasteiger partial charge is 0.338 e. The Morgan fingerprint density at radius 3 is 2.79 bits per heavy atom. The van der Waals surface area contributed by atoms with Crippen LogP contribution in [-0.4, -0.2) is 49.8 Å². The fraction of sp³-hybridized carbons (Fsp3) is 0.300. The molecule has 2 N–H and O–H groups in total. The fourth-order valence-corrected chi connectivity index (χ4v) is 5.13. The number of piperidine rings is 1. The summed E-state index contributed by atoms with van der Waals surface area (Å²) < 4.78 is 1.80. The first kappa shape index (κ1) is 17.4. The molecular weight excluding hydrogens is 370 g/mol. The number of H-pyrrole nitrogens is 1. The number of aromatic nitrogens is 5. The normalized spacial score (nSPS) is 15.5. The van der Waals surface area contributed by atoms with Gasteiger partial charge in [-0.2, -0.15) is 5.10 Å². The number of aliphatic imine (C=N–C) groups is 1. The van der Waals surface area contributed by atoms with Crippen LogP contribution in [0.25, 0.3) is 33.1 Å². The van der Waals surface area contributed by atoms with Gasteiger partial charge in [0.1, 0.15) is 5.65 Å². The molecule has 1 saturated heterocycles. The van der Waals surface area contributed by atoms with Gasteiger partial charge in [0.25, 0.3) is 0 Å². The van der Waals surface area contributed by atoms with Crippen LogP contribution in [0.5, 0.6) is 0 Å². The van der Waals surface area contributed by atoms with E-state index in [1.807, 2.05) is 43.6 Å². The summed E-state index contributed by atoms with van der Waals surface area (Å²) in [6.07, 6.45) is 9.85. The van der Waals surface area contributed by atoms with Crippen LogP contribution < -0.4 is 5.32 Å². The highest BCUT2D eigenvalue weighted by atomic mass is 32.2. The molecule has 1 fully saturated rings. The van der Waals surface area contributed by atoms with Crippen LogP contribution in [0.2, 0.25) is 0 Å². The van der Waals surface area contributed by atoms with E-state index in [1.165, 1.54) is 0 Å². The van der Waals surface area contributed by atoms with Crippen LogP contribution in [-0.2, 0) is 7.05 Å². The Kier molecular flexibility index (Phi) is 4.37. The number of fused-ring (bicyclic) bond motifs is 3. The first-order valence-corrected chi connectivity index (χ1v) is 10.2. The van der Waals surface area contributed by atoms with E-state index in [4.69, 9.17) is 0 Å². The van der Waals surface area contributed by atoms with Gasteiger partial charge >= 0.3 is 0 Å². The maximum Gasteiger partial charge on any atom is 0.165 e. The van der Waals surface area contributed by atoms with E-state index in [1.54, 1.807) is 4.68 Å². The molecule has 4 aromatic rings. The lowest BCUT2D eigenvalue weighted by molar-refractivity contribution is 0.531. The molecule has 1 aliphatic heterocycles. The zero-order valence-corrected chi connectivity index (χ0v) is 16.5. The van der Waals surface area contributed by atoms with Gasteiger partial charge in [-0.3, -0.25) is 4.68 Å². The van der Waals surface area contributed by atoms with Crippen molar-refractivity contribution in [2.75, 3.05) is 13.1 Å². The minimum atomic E-state index is 0.550. The number of hydrogen-bond donors (Lipinski definition) is 2. The van der Waals surface area contributed by atoms with Gasteiger partial charge in [-0.05, 0) is 38.7 Å². The minimum absolute atomic E-state index is 0.550. The SMILES string of the molecule is C=Nc1ncc2[nH]c3ncc(-c4cnn(C)c4)cc3c2c1SC1CCNCC1. The van der Waals surface area contributed by atoms with Crippen molar-refractivity contribution < 1.29 is 0 Å². The molecule has 0 amide bonds. The van der Waals surface area contributed by atoms with Gasteiger partial charge in [0.15, 0.2) is 5.82 Å². The number of pyridine rings is 2. The van der Waals surface area contributed by atoms with E-state index in [-0.39, 0.29) is 0 Å². The molecule has 0 bridgehead atoms. The highest BCUT2D eigenvalue weighted by Crippen LogP contribution is 2.42. The van der Waals surface area contributed by atoms with Crippen LogP contribution in [0.1, 0.15) is 12.8 Å². The second-order valence-electron chi connectivity index (χ2n) is 7.07. The maximum atomic E-state index is 4.66. The Morgan fingerprint density at radius 1 is 1.18 bits per heavy atom. The van der Waals surface area contributed by atoms with Crippen molar-refractivity contribution in [3.05, 3.63) is 30.9 Å². The first-order chi connectivity index (χ1) is 13.7. The van der Waals surface area contributed by atoms with Gasteiger partial charge in [0.05, 0.1) is 22.8 Å². The summed E-state index contributed by atoms with van der Waals surface area (Å²) in [5, 5.41) is 10.5. The predicted octanol–water partition coefficient (Wildman–Crippen LogP) is 3.69. The Morgan fingerprint density at radius 2 is 2.04 bits per heavy atom. The van der Waals surface area contributed by atoms with Crippen molar-refractivity contribution in [1.82, 2.24) is 30.0 Å². The van der Waals surface area contributed by atoms with Gasteiger partial charge in [0, 0.05) is 46.6 Å². The highest BCUT2D eigenvalue weighted by molar-refractivity contribution is 8.00. The lowest BCUT2D eigenvalue weighted by Gasteiger charge is -2.22. The number of thioether (sulfide) groups is 1. The summed E-state index contributed by atoms with van der Waals surface area (Å²) in [6.45, 7) is 5.86. The predicted molar refractivity (Wildman–Crippen MR) is 115 cm³/mol. The smallest absolute Gasteiger partial charge is 0.165 e. The van der Waals surface area contributed by atoms with E-state index < -0.39 is 0 Å². The van der Waals surface area contributed by atoms with E-state index >= 15 is 0 Å². The Bertz CT molecular complexity index is 1170. The molecule has 8 heteroatoms. The molecule has 0 unspecified atom stereocenters. The zero-order valence-electron chi connectivity index (χ0n) is 15.6. The Labute approximate surface area is 166 Å². The maximum absolute atomic E-state index is 4.66. The average Bonchev–Trinajstić information content (AvgIpc) is 3.32. The van der Waals surface area contributed by atoms with E-state index in [0.717, 1.165) is 63.9 Å². The third kappa shape index (κ3) is 2.98. The van der Waals surface area contributed by atoms with Crippen molar-refractivity contribution in [2.45, 2.75) is 23.0 Å². The van der Waals surface area contributed by atoms with Crippen LogP contribution >= 0.6 is 11.8 Å². The van der Waals surface area contributed by atoms with Crippen LogP contribution in [0.4, 0.5) is 5.82 Å². The summed E-state index contributed by atoms with van der Waals surface area (Å²) in [5.74, 6) is 0.698. The lowest BCUT2D eigenvalue weighted by atomic mass is 10.1. The van der Waals surface area contributed by atoms with E-state index in [9.17, 15) is 0 Å². The quantitative estimate of drug-likeness (QED) is 0.519. The van der Waals surface area contributed by atoms with Crippen LogP contribution in [0.3, 0.4) is 0 Å². The average molecular weight is 392 g/mol. The molecule has 0 aliphatic carbocycles. The molecule has 0 radical (unpaired) electrons. The molecule has 1 aliphatic rings. The topological polar surface area (TPSA) is 83.8 Å². The molecule has 4 aromatic heterocycles. The number of aryl methyl sites for hydroxylation is 1. The van der Waals surface area contributed by atoms with Crippen molar-refractivity contribution >= 4 is 46.2 Å². The number of rotatable bonds is 4. The Balaban J connectivity index is 1.70. The van der Waals surface area contributed by atoms with Crippen LogP contribution in [0, 0.1) is 0 Å². The fourth-order valence-electron chi connectivity index (χ4n) is 3.76. The molecule has 7 nitrogen and oxygen atoms in total. The first-order valence-electron chi connectivity index (χ1n) is 9.36. The molecule has 0 aromatic carbocycles. The standard InChI is InChI=1S/C20H21N7S/c1-21-20-18(28-14-3-5-22-6-4-14)17-15-7-12(13-9-25-27(2)11-13)8-23-19(15)26-16(17)10-24-20/h7-11,14,22H,1,3-6H2,2H3,(H,23,26). The van der Waals surface area contributed by atoms with Gasteiger partial charge in [-0.15, -0.1) is 11.8 Å². The lowest BCUT2D eigenvalue weighted by Crippen LogP contribution is -2.29. The minimum Gasteiger partial charge on any atom is -0.338 e. The molecule has 28 heavy (non-hydrogen) atoms. The number of nitrogens with one attached hydrogen (secondary N) is 2. The van der Waals surface area contributed by atoms with Gasteiger partial charge in [-0.25, -0.2) is 15.0 Å². The van der Waals surface area contributed by atoms with E-state index in [2.05, 4.69) is 43.1 Å². The third-order valence-corrected chi connectivity index (χ3v) is 6.61. The molecule has 142 valence electrons. The number of hydrogen-bond acceptors (Lipinski definition) is 6. The Hall–Kier alpha value is -2.71.